The van der Waals surface area contributed by atoms with E-state index < -0.39 is 0 Å². The van der Waals surface area contributed by atoms with Crippen molar-refractivity contribution < 1.29 is 4.79 Å². The lowest BCUT2D eigenvalue weighted by Crippen LogP contribution is -2.05. The first kappa shape index (κ1) is 13.6. The van der Waals surface area contributed by atoms with Gasteiger partial charge in [0, 0.05) is 22.7 Å². The molecule has 3 heteroatoms. The van der Waals surface area contributed by atoms with Crippen LogP contribution in [-0.4, -0.2) is 5.78 Å². The summed E-state index contributed by atoms with van der Waals surface area (Å²) >= 11 is 5.91. The molecular formula is C16H16ClNO. The molecule has 0 amide bonds. The number of aryl methyl sites for hydroxylation is 2. The second-order valence-electron chi connectivity index (χ2n) is 4.79. The number of ketones is 1. The SMILES string of the molecule is Cc1ccc(CC(=O)c2cc(N)cc(Cl)c2)cc1C. The van der Waals surface area contributed by atoms with Gasteiger partial charge in [-0.3, -0.25) is 4.79 Å². The molecule has 0 saturated carbocycles. The van der Waals surface area contributed by atoms with Gasteiger partial charge < -0.3 is 5.73 Å². The fraction of sp³-hybridized carbons (Fsp3) is 0.188. The number of nitrogen functional groups attached to an aromatic ring is 1. The zero-order chi connectivity index (χ0) is 14.0. The number of nitrogens with two attached hydrogens (primary N) is 1. The number of Topliss-reactive ketones (excluding diaryl/α,β-unsaturated/α-hetero) is 1. The van der Waals surface area contributed by atoms with E-state index in [0.717, 1.165) is 5.56 Å². The fourth-order valence-electron chi connectivity index (χ4n) is 1.97. The summed E-state index contributed by atoms with van der Waals surface area (Å²) in [5, 5.41) is 0.489. The van der Waals surface area contributed by atoms with Crippen molar-refractivity contribution in [1.29, 1.82) is 0 Å². The first-order chi connectivity index (χ1) is 8.95. The molecule has 0 fully saturated rings. The Balaban J connectivity index is 2.22. The van der Waals surface area contributed by atoms with Gasteiger partial charge in [-0.15, -0.1) is 0 Å². The minimum atomic E-state index is 0.0254. The summed E-state index contributed by atoms with van der Waals surface area (Å²) in [7, 11) is 0. The molecule has 2 aromatic rings. The van der Waals surface area contributed by atoms with Crippen molar-refractivity contribution in [2.45, 2.75) is 20.3 Å². The lowest BCUT2D eigenvalue weighted by molar-refractivity contribution is 0.0993. The molecule has 0 radical (unpaired) electrons. The van der Waals surface area contributed by atoms with Crippen LogP contribution in [0.2, 0.25) is 5.02 Å². The molecule has 2 nitrogen and oxygen atoms in total. The molecule has 98 valence electrons. The largest absolute Gasteiger partial charge is 0.399 e. The monoisotopic (exact) mass is 273 g/mol. The Bertz CT molecular complexity index is 614. The Hall–Kier alpha value is -1.80. The maximum Gasteiger partial charge on any atom is 0.167 e. The van der Waals surface area contributed by atoms with E-state index in [-0.39, 0.29) is 5.78 Å². The van der Waals surface area contributed by atoms with Crippen LogP contribution in [0.5, 0.6) is 0 Å². The molecule has 2 rings (SSSR count). The van der Waals surface area contributed by atoms with Crippen molar-refractivity contribution in [3.63, 3.8) is 0 Å². The average Bonchev–Trinajstić information content (AvgIpc) is 2.32. The van der Waals surface area contributed by atoms with Crippen molar-refractivity contribution in [3.8, 4) is 0 Å². The van der Waals surface area contributed by atoms with Crippen LogP contribution in [0.3, 0.4) is 0 Å². The van der Waals surface area contributed by atoms with E-state index in [1.807, 2.05) is 25.1 Å². The number of carbonyl (C=O) groups is 1. The van der Waals surface area contributed by atoms with Crippen LogP contribution in [0.4, 0.5) is 5.69 Å². The summed E-state index contributed by atoms with van der Waals surface area (Å²) in [5.41, 5.74) is 10.2. The quantitative estimate of drug-likeness (QED) is 0.679. The van der Waals surface area contributed by atoms with Gasteiger partial charge in [0.1, 0.15) is 0 Å². The lowest BCUT2D eigenvalue weighted by atomic mass is 9.99. The first-order valence-corrected chi connectivity index (χ1v) is 6.49. The van der Waals surface area contributed by atoms with Gasteiger partial charge in [0.15, 0.2) is 5.78 Å². The van der Waals surface area contributed by atoms with Crippen LogP contribution >= 0.6 is 11.6 Å². The highest BCUT2D eigenvalue weighted by atomic mass is 35.5. The number of hydrogen-bond donors (Lipinski definition) is 1. The van der Waals surface area contributed by atoms with Crippen LogP contribution in [-0.2, 0) is 6.42 Å². The number of hydrogen-bond acceptors (Lipinski definition) is 2. The van der Waals surface area contributed by atoms with Crippen molar-refractivity contribution in [3.05, 3.63) is 63.7 Å². The Kier molecular flexibility index (Phi) is 3.91. The molecule has 0 aliphatic carbocycles. The fourth-order valence-corrected chi connectivity index (χ4v) is 2.22. The van der Waals surface area contributed by atoms with Crippen LogP contribution < -0.4 is 5.73 Å². The maximum absolute atomic E-state index is 12.2. The highest BCUT2D eigenvalue weighted by Gasteiger charge is 2.09. The first-order valence-electron chi connectivity index (χ1n) is 6.11. The Morgan fingerprint density at radius 3 is 2.47 bits per heavy atom. The average molecular weight is 274 g/mol. The van der Waals surface area contributed by atoms with E-state index in [4.69, 9.17) is 17.3 Å². The van der Waals surface area contributed by atoms with E-state index in [1.165, 1.54) is 11.1 Å². The second kappa shape index (κ2) is 5.45. The smallest absolute Gasteiger partial charge is 0.167 e. The third-order valence-corrected chi connectivity index (χ3v) is 3.40. The third-order valence-electron chi connectivity index (χ3n) is 3.18. The summed E-state index contributed by atoms with van der Waals surface area (Å²) in [6.07, 6.45) is 0.362. The molecule has 0 saturated heterocycles. The molecule has 2 N–H and O–H groups in total. The summed E-state index contributed by atoms with van der Waals surface area (Å²) in [6, 6.07) is 11.0. The Labute approximate surface area is 118 Å². The van der Waals surface area contributed by atoms with Gasteiger partial charge in [0.25, 0.3) is 0 Å². The van der Waals surface area contributed by atoms with Gasteiger partial charge in [-0.2, -0.15) is 0 Å². The zero-order valence-electron chi connectivity index (χ0n) is 11.0. The zero-order valence-corrected chi connectivity index (χ0v) is 11.8. The van der Waals surface area contributed by atoms with Crippen molar-refractivity contribution in [1.82, 2.24) is 0 Å². The van der Waals surface area contributed by atoms with Crippen molar-refractivity contribution in [2.24, 2.45) is 0 Å². The van der Waals surface area contributed by atoms with Gasteiger partial charge in [-0.1, -0.05) is 29.8 Å². The summed E-state index contributed by atoms with van der Waals surface area (Å²) < 4.78 is 0. The van der Waals surface area contributed by atoms with Crippen molar-refractivity contribution in [2.75, 3.05) is 5.73 Å². The standard InChI is InChI=1S/C16H16ClNO/c1-10-3-4-12(5-11(10)2)6-16(19)13-7-14(17)9-15(18)8-13/h3-5,7-9H,6,18H2,1-2H3. The van der Waals surface area contributed by atoms with E-state index in [9.17, 15) is 4.79 Å². The number of halogens is 1. The second-order valence-corrected chi connectivity index (χ2v) is 5.23. The molecule has 2 aromatic carbocycles. The lowest BCUT2D eigenvalue weighted by Gasteiger charge is -2.06. The highest BCUT2D eigenvalue weighted by Crippen LogP contribution is 2.19. The topological polar surface area (TPSA) is 43.1 Å². The van der Waals surface area contributed by atoms with Gasteiger partial charge in [-0.05, 0) is 48.7 Å². The third kappa shape index (κ3) is 3.36. The summed E-state index contributed by atoms with van der Waals surface area (Å²) in [4.78, 5) is 12.2. The molecule has 0 unspecified atom stereocenters. The summed E-state index contributed by atoms with van der Waals surface area (Å²) in [5.74, 6) is 0.0254. The molecule has 19 heavy (non-hydrogen) atoms. The number of carbonyl (C=O) groups excluding carboxylic acids is 1. The molecule has 0 heterocycles. The molecular weight excluding hydrogens is 258 g/mol. The minimum absolute atomic E-state index is 0.0254. The van der Waals surface area contributed by atoms with Crippen LogP contribution in [0.25, 0.3) is 0 Å². The van der Waals surface area contributed by atoms with Gasteiger partial charge >= 0.3 is 0 Å². The van der Waals surface area contributed by atoms with E-state index >= 15 is 0 Å². The van der Waals surface area contributed by atoms with E-state index in [1.54, 1.807) is 18.2 Å². The normalized spacial score (nSPS) is 10.5. The molecule has 0 spiro atoms. The number of benzene rings is 2. The molecule has 0 atom stereocenters. The summed E-state index contributed by atoms with van der Waals surface area (Å²) in [6.45, 7) is 4.10. The van der Waals surface area contributed by atoms with E-state index in [2.05, 4.69) is 6.92 Å². The maximum atomic E-state index is 12.2. The minimum Gasteiger partial charge on any atom is -0.399 e. The van der Waals surface area contributed by atoms with Crippen LogP contribution in [0, 0.1) is 13.8 Å². The van der Waals surface area contributed by atoms with Gasteiger partial charge in [0.05, 0.1) is 0 Å². The predicted octanol–water partition coefficient (Wildman–Crippen LogP) is 3.96. The Morgan fingerprint density at radius 2 is 1.84 bits per heavy atom. The van der Waals surface area contributed by atoms with E-state index in [0.29, 0.717) is 22.7 Å². The molecule has 0 aromatic heterocycles. The highest BCUT2D eigenvalue weighted by molar-refractivity contribution is 6.31. The Morgan fingerprint density at radius 1 is 1.11 bits per heavy atom. The number of rotatable bonds is 3. The molecule has 0 aliphatic heterocycles. The van der Waals surface area contributed by atoms with Crippen molar-refractivity contribution >= 4 is 23.1 Å². The van der Waals surface area contributed by atoms with Gasteiger partial charge in [-0.25, -0.2) is 0 Å². The van der Waals surface area contributed by atoms with Crippen LogP contribution in [0.1, 0.15) is 27.0 Å². The predicted molar refractivity (Wildman–Crippen MR) is 79.8 cm³/mol. The molecule has 0 bridgehead atoms. The van der Waals surface area contributed by atoms with Crippen LogP contribution in [0.15, 0.2) is 36.4 Å². The van der Waals surface area contributed by atoms with Gasteiger partial charge in [0.2, 0.25) is 0 Å². The molecule has 0 aliphatic rings. The number of anilines is 1.